The van der Waals surface area contributed by atoms with Gasteiger partial charge >= 0.3 is 12.1 Å². The molecule has 0 saturated heterocycles. The van der Waals surface area contributed by atoms with Gasteiger partial charge in [-0.25, -0.2) is 4.79 Å². The van der Waals surface area contributed by atoms with Gasteiger partial charge in [-0.3, -0.25) is 14.4 Å². The minimum absolute atomic E-state index is 0.120. The van der Waals surface area contributed by atoms with Crippen molar-refractivity contribution in [1.29, 1.82) is 0 Å². The number of aliphatic hydroxyl groups is 1. The second kappa shape index (κ2) is 11.7. The molecule has 1 heterocycles. The number of amides is 3. The maximum absolute atomic E-state index is 12.9. The molecule has 0 radical (unpaired) electrons. The summed E-state index contributed by atoms with van der Waals surface area (Å²) in [4.78, 5) is 52.5. The molecule has 0 aliphatic rings. The van der Waals surface area contributed by atoms with Gasteiger partial charge in [0.1, 0.15) is 23.9 Å². The fraction of sp³-hybridized carbons (Fsp3) is 0.455. The highest BCUT2D eigenvalue weighted by molar-refractivity contribution is 6.31. The van der Waals surface area contributed by atoms with Gasteiger partial charge in [-0.05, 0) is 52.0 Å². The molecule has 0 spiro atoms. The predicted octanol–water partition coefficient (Wildman–Crippen LogP) is 1.48. The number of aromatic nitrogens is 1. The van der Waals surface area contributed by atoms with Gasteiger partial charge < -0.3 is 35.5 Å². The Morgan fingerprint density at radius 1 is 1.15 bits per heavy atom. The number of benzene rings is 1. The standard InChI is InChI=1S/C22H29ClN4O7/c1-5-33-17(29)10-24-20(31)18(16(11-28)26-21(32)34-22(2,3)4)27-19(30)15-9-12-8-13(23)6-7-14(12)25-15/h6-9,16,18,25,28H,5,10-11H2,1-4H3,(H,24,31)(H,26,32)(H,27,30)/t16-,18?/m1/s1. The monoisotopic (exact) mass is 496 g/mol. The lowest BCUT2D eigenvalue weighted by molar-refractivity contribution is -0.143. The third-order valence-electron chi connectivity index (χ3n) is 4.41. The van der Waals surface area contributed by atoms with Crippen LogP contribution in [0.5, 0.6) is 0 Å². The fourth-order valence-electron chi connectivity index (χ4n) is 2.97. The predicted molar refractivity (Wildman–Crippen MR) is 124 cm³/mol. The number of aliphatic hydroxyl groups excluding tert-OH is 1. The molecule has 2 rings (SSSR count). The van der Waals surface area contributed by atoms with Crippen molar-refractivity contribution in [2.24, 2.45) is 0 Å². The Bertz CT molecular complexity index is 1050. The number of H-pyrrole nitrogens is 1. The highest BCUT2D eigenvalue weighted by Gasteiger charge is 2.33. The van der Waals surface area contributed by atoms with E-state index in [1.807, 2.05) is 0 Å². The van der Waals surface area contributed by atoms with Crippen LogP contribution in [0.1, 0.15) is 38.2 Å². The second-order valence-electron chi connectivity index (χ2n) is 8.32. The highest BCUT2D eigenvalue weighted by Crippen LogP contribution is 2.20. The van der Waals surface area contributed by atoms with Crippen molar-refractivity contribution in [2.45, 2.75) is 45.4 Å². The van der Waals surface area contributed by atoms with Crippen LogP contribution in [0.3, 0.4) is 0 Å². The quantitative estimate of drug-likeness (QED) is 0.329. The number of carbonyl (C=O) groups is 4. The van der Waals surface area contributed by atoms with Crippen molar-refractivity contribution in [3.8, 4) is 0 Å². The maximum atomic E-state index is 12.9. The van der Waals surface area contributed by atoms with Crippen LogP contribution >= 0.6 is 11.6 Å². The maximum Gasteiger partial charge on any atom is 0.408 e. The summed E-state index contributed by atoms with van der Waals surface area (Å²) < 4.78 is 9.95. The van der Waals surface area contributed by atoms with Crippen molar-refractivity contribution >= 4 is 46.4 Å². The van der Waals surface area contributed by atoms with Crippen LogP contribution in [0, 0.1) is 0 Å². The summed E-state index contributed by atoms with van der Waals surface area (Å²) in [5.74, 6) is -2.20. The van der Waals surface area contributed by atoms with Crippen molar-refractivity contribution < 1.29 is 33.8 Å². The summed E-state index contributed by atoms with van der Waals surface area (Å²) in [6.45, 7) is 5.51. The van der Waals surface area contributed by atoms with E-state index >= 15 is 0 Å². The van der Waals surface area contributed by atoms with Crippen LogP contribution in [0.15, 0.2) is 24.3 Å². The van der Waals surface area contributed by atoms with Gasteiger partial charge in [0.05, 0.1) is 19.3 Å². The van der Waals surface area contributed by atoms with Gasteiger partial charge in [-0.1, -0.05) is 11.6 Å². The Hall–Kier alpha value is -3.31. The summed E-state index contributed by atoms with van der Waals surface area (Å²) in [5, 5.41) is 18.2. The van der Waals surface area contributed by atoms with E-state index in [0.29, 0.717) is 15.9 Å². The third-order valence-corrected chi connectivity index (χ3v) is 4.65. The van der Waals surface area contributed by atoms with Crippen LogP contribution in [0.4, 0.5) is 4.79 Å². The summed E-state index contributed by atoms with van der Waals surface area (Å²) in [7, 11) is 0. The molecule has 0 fully saturated rings. The minimum atomic E-state index is -1.45. The number of esters is 1. The van der Waals surface area contributed by atoms with E-state index in [0.717, 1.165) is 0 Å². The number of rotatable bonds is 9. The zero-order valence-corrected chi connectivity index (χ0v) is 20.1. The Morgan fingerprint density at radius 3 is 2.47 bits per heavy atom. The molecule has 2 atom stereocenters. The van der Waals surface area contributed by atoms with E-state index in [9.17, 15) is 24.3 Å². The molecule has 186 valence electrons. The average Bonchev–Trinajstić information content (AvgIpc) is 3.16. The normalized spacial score (nSPS) is 13.0. The first-order valence-electron chi connectivity index (χ1n) is 10.6. The zero-order valence-electron chi connectivity index (χ0n) is 19.4. The largest absolute Gasteiger partial charge is 0.465 e. The van der Waals surface area contributed by atoms with E-state index in [-0.39, 0.29) is 12.3 Å². The molecule has 12 heteroatoms. The topological polar surface area (TPSA) is 159 Å². The summed E-state index contributed by atoms with van der Waals surface area (Å²) in [6.07, 6.45) is -0.899. The molecule has 0 saturated carbocycles. The summed E-state index contributed by atoms with van der Waals surface area (Å²) in [5.41, 5.74) is -0.0708. The van der Waals surface area contributed by atoms with Gasteiger partial charge in [-0.15, -0.1) is 0 Å². The van der Waals surface area contributed by atoms with E-state index in [1.54, 1.807) is 52.0 Å². The van der Waals surface area contributed by atoms with Crippen LogP contribution in [-0.2, 0) is 19.1 Å². The Morgan fingerprint density at radius 2 is 1.85 bits per heavy atom. The van der Waals surface area contributed by atoms with Gasteiger partial charge in [-0.2, -0.15) is 0 Å². The van der Waals surface area contributed by atoms with Gasteiger partial charge in [0.25, 0.3) is 5.91 Å². The number of halogens is 1. The van der Waals surface area contributed by atoms with Crippen molar-refractivity contribution in [3.05, 3.63) is 35.0 Å². The number of aromatic amines is 1. The SMILES string of the molecule is CCOC(=O)CNC(=O)C(NC(=O)c1cc2cc(Cl)ccc2[nH]1)[C@@H](CO)NC(=O)OC(C)(C)C. The molecule has 0 aliphatic heterocycles. The number of ether oxygens (including phenoxy) is 2. The van der Waals surface area contributed by atoms with Gasteiger partial charge in [0.2, 0.25) is 5.91 Å². The van der Waals surface area contributed by atoms with E-state index in [4.69, 9.17) is 21.1 Å². The van der Waals surface area contributed by atoms with E-state index in [1.165, 1.54) is 0 Å². The average molecular weight is 497 g/mol. The van der Waals surface area contributed by atoms with Crippen LogP contribution in [0.2, 0.25) is 5.02 Å². The van der Waals surface area contributed by atoms with Crippen LogP contribution in [-0.4, -0.2) is 71.4 Å². The molecule has 11 nitrogen and oxygen atoms in total. The Labute approximate surface area is 201 Å². The molecular weight excluding hydrogens is 468 g/mol. The van der Waals surface area contributed by atoms with E-state index in [2.05, 4.69) is 20.9 Å². The smallest absolute Gasteiger partial charge is 0.408 e. The van der Waals surface area contributed by atoms with Crippen LogP contribution < -0.4 is 16.0 Å². The number of alkyl carbamates (subject to hydrolysis) is 1. The first kappa shape index (κ1) is 26.9. The first-order valence-corrected chi connectivity index (χ1v) is 10.9. The third kappa shape index (κ3) is 7.92. The summed E-state index contributed by atoms with van der Waals surface area (Å²) >= 11 is 5.99. The lowest BCUT2D eigenvalue weighted by atomic mass is 10.1. The molecule has 0 aliphatic carbocycles. The number of hydrogen-bond donors (Lipinski definition) is 5. The number of nitrogens with one attached hydrogen (secondary N) is 4. The second-order valence-corrected chi connectivity index (χ2v) is 8.76. The molecule has 1 unspecified atom stereocenters. The highest BCUT2D eigenvalue weighted by atomic mass is 35.5. The molecule has 2 aromatic rings. The summed E-state index contributed by atoms with van der Waals surface area (Å²) in [6, 6.07) is 3.83. The van der Waals surface area contributed by atoms with Gasteiger partial charge in [0.15, 0.2) is 0 Å². The molecular formula is C22H29ClN4O7. The first-order chi connectivity index (χ1) is 15.9. The van der Waals surface area contributed by atoms with Gasteiger partial charge in [0, 0.05) is 15.9 Å². The van der Waals surface area contributed by atoms with Crippen LogP contribution in [0.25, 0.3) is 10.9 Å². The minimum Gasteiger partial charge on any atom is -0.465 e. The molecule has 0 bridgehead atoms. The molecule has 3 amide bonds. The van der Waals surface area contributed by atoms with Crippen molar-refractivity contribution in [3.63, 3.8) is 0 Å². The zero-order chi connectivity index (χ0) is 25.5. The van der Waals surface area contributed by atoms with E-state index < -0.39 is 54.7 Å². The molecule has 34 heavy (non-hydrogen) atoms. The van der Waals surface area contributed by atoms with Crippen molar-refractivity contribution in [1.82, 2.24) is 20.9 Å². The molecule has 1 aromatic heterocycles. The Kier molecular flexibility index (Phi) is 9.28. The Balaban J connectivity index is 2.24. The number of hydrogen-bond acceptors (Lipinski definition) is 7. The number of carbonyl (C=O) groups excluding carboxylic acids is 4. The number of fused-ring (bicyclic) bond motifs is 1. The fourth-order valence-corrected chi connectivity index (χ4v) is 3.15. The molecule has 5 N–H and O–H groups in total. The lowest BCUT2D eigenvalue weighted by Crippen LogP contribution is -2.60. The lowest BCUT2D eigenvalue weighted by Gasteiger charge is -2.28. The molecule has 1 aromatic carbocycles. The van der Waals surface area contributed by atoms with Crippen molar-refractivity contribution in [2.75, 3.05) is 19.8 Å².